The van der Waals surface area contributed by atoms with Crippen LogP contribution in [0.15, 0.2) is 34.9 Å². The Kier molecular flexibility index (Phi) is 3.62. The molecule has 1 aromatic carbocycles. The van der Waals surface area contributed by atoms with Crippen molar-refractivity contribution in [2.24, 2.45) is 0 Å². The minimum absolute atomic E-state index is 0.996. The molecule has 2 rings (SSSR count). The predicted molar refractivity (Wildman–Crippen MR) is 67.7 cm³/mol. The highest BCUT2D eigenvalue weighted by Gasteiger charge is 2.05. The van der Waals surface area contributed by atoms with Crippen LogP contribution in [0.5, 0.6) is 0 Å². The first-order valence-electron chi connectivity index (χ1n) is 5.95. The SMILES string of the molecule is CCCN(C)CCc1coc2ccccc12. The van der Waals surface area contributed by atoms with Gasteiger partial charge in [0.15, 0.2) is 0 Å². The van der Waals surface area contributed by atoms with Gasteiger partial charge in [0.25, 0.3) is 0 Å². The van der Waals surface area contributed by atoms with Gasteiger partial charge in [0.2, 0.25) is 0 Å². The summed E-state index contributed by atoms with van der Waals surface area (Å²) in [6.07, 6.45) is 4.17. The third kappa shape index (κ3) is 2.45. The highest BCUT2D eigenvalue weighted by atomic mass is 16.3. The zero-order valence-electron chi connectivity index (χ0n) is 10.1. The molecule has 0 radical (unpaired) electrons. The first kappa shape index (κ1) is 11.2. The van der Waals surface area contributed by atoms with E-state index in [1.807, 2.05) is 18.4 Å². The Balaban J connectivity index is 2.04. The molecule has 2 aromatic rings. The normalized spacial score (nSPS) is 11.4. The Hall–Kier alpha value is -1.28. The molecular weight excluding hydrogens is 198 g/mol. The maximum absolute atomic E-state index is 5.52. The fourth-order valence-corrected chi connectivity index (χ4v) is 2.03. The van der Waals surface area contributed by atoms with Crippen LogP contribution < -0.4 is 0 Å². The maximum atomic E-state index is 5.52. The van der Waals surface area contributed by atoms with Crippen LogP contribution in [0.4, 0.5) is 0 Å². The molecule has 0 saturated carbocycles. The Morgan fingerprint density at radius 3 is 2.81 bits per heavy atom. The summed E-state index contributed by atoms with van der Waals surface area (Å²) in [6.45, 7) is 4.47. The quantitative estimate of drug-likeness (QED) is 0.764. The van der Waals surface area contributed by atoms with Crippen LogP contribution in [0.3, 0.4) is 0 Å². The highest BCUT2D eigenvalue weighted by molar-refractivity contribution is 5.80. The molecule has 0 aliphatic carbocycles. The lowest BCUT2D eigenvalue weighted by Gasteiger charge is -2.14. The summed E-state index contributed by atoms with van der Waals surface area (Å²) in [4.78, 5) is 2.36. The van der Waals surface area contributed by atoms with E-state index in [0.717, 1.165) is 25.1 Å². The first-order valence-corrected chi connectivity index (χ1v) is 5.95. The molecule has 0 spiro atoms. The second-order valence-electron chi connectivity index (χ2n) is 4.31. The average Bonchev–Trinajstić information content (AvgIpc) is 2.70. The maximum Gasteiger partial charge on any atom is 0.134 e. The van der Waals surface area contributed by atoms with Gasteiger partial charge in [-0.2, -0.15) is 0 Å². The van der Waals surface area contributed by atoms with E-state index in [4.69, 9.17) is 4.42 Å². The van der Waals surface area contributed by atoms with Gasteiger partial charge in [0.05, 0.1) is 6.26 Å². The zero-order valence-corrected chi connectivity index (χ0v) is 10.1. The first-order chi connectivity index (χ1) is 7.81. The van der Waals surface area contributed by atoms with E-state index in [9.17, 15) is 0 Å². The van der Waals surface area contributed by atoms with Crippen LogP contribution in [-0.2, 0) is 6.42 Å². The van der Waals surface area contributed by atoms with E-state index >= 15 is 0 Å². The molecule has 0 aliphatic heterocycles. The minimum atomic E-state index is 0.996. The van der Waals surface area contributed by atoms with Crippen LogP contribution in [-0.4, -0.2) is 25.0 Å². The van der Waals surface area contributed by atoms with Crippen molar-refractivity contribution in [2.75, 3.05) is 20.1 Å². The number of fused-ring (bicyclic) bond motifs is 1. The number of furan rings is 1. The highest BCUT2D eigenvalue weighted by Crippen LogP contribution is 2.21. The number of benzene rings is 1. The summed E-state index contributed by atoms with van der Waals surface area (Å²) in [7, 11) is 2.17. The monoisotopic (exact) mass is 217 g/mol. The molecule has 86 valence electrons. The van der Waals surface area contributed by atoms with E-state index in [-0.39, 0.29) is 0 Å². The van der Waals surface area contributed by atoms with Crippen LogP contribution in [0.2, 0.25) is 0 Å². The second kappa shape index (κ2) is 5.17. The number of rotatable bonds is 5. The van der Waals surface area contributed by atoms with Crippen LogP contribution in [0.25, 0.3) is 11.0 Å². The van der Waals surface area contributed by atoms with E-state index in [2.05, 4.69) is 31.0 Å². The Morgan fingerprint density at radius 2 is 2.00 bits per heavy atom. The number of nitrogens with zero attached hydrogens (tertiary/aromatic N) is 1. The number of para-hydroxylation sites is 1. The van der Waals surface area contributed by atoms with Gasteiger partial charge >= 0.3 is 0 Å². The van der Waals surface area contributed by atoms with Crippen molar-refractivity contribution in [1.29, 1.82) is 0 Å². The van der Waals surface area contributed by atoms with E-state index < -0.39 is 0 Å². The molecule has 1 aromatic heterocycles. The van der Waals surface area contributed by atoms with Crippen molar-refractivity contribution in [3.63, 3.8) is 0 Å². The minimum Gasteiger partial charge on any atom is -0.464 e. The molecule has 0 aliphatic rings. The smallest absolute Gasteiger partial charge is 0.134 e. The third-order valence-corrected chi connectivity index (χ3v) is 2.93. The Morgan fingerprint density at radius 1 is 1.19 bits per heavy atom. The van der Waals surface area contributed by atoms with Gasteiger partial charge in [-0.3, -0.25) is 0 Å². The molecule has 0 atom stereocenters. The van der Waals surface area contributed by atoms with Crippen molar-refractivity contribution in [1.82, 2.24) is 4.90 Å². The van der Waals surface area contributed by atoms with E-state index in [0.29, 0.717) is 0 Å². The summed E-state index contributed by atoms with van der Waals surface area (Å²) in [5.74, 6) is 0. The van der Waals surface area contributed by atoms with Crippen LogP contribution in [0, 0.1) is 0 Å². The summed E-state index contributed by atoms with van der Waals surface area (Å²) < 4.78 is 5.52. The molecule has 2 heteroatoms. The molecule has 0 unspecified atom stereocenters. The van der Waals surface area contributed by atoms with Crippen molar-refractivity contribution in [2.45, 2.75) is 19.8 Å². The van der Waals surface area contributed by atoms with E-state index in [1.165, 1.54) is 17.4 Å². The van der Waals surface area contributed by atoms with Crippen molar-refractivity contribution < 1.29 is 4.42 Å². The largest absolute Gasteiger partial charge is 0.464 e. The molecule has 16 heavy (non-hydrogen) atoms. The lowest BCUT2D eigenvalue weighted by atomic mass is 10.1. The predicted octanol–water partition coefficient (Wildman–Crippen LogP) is 3.32. The van der Waals surface area contributed by atoms with Gasteiger partial charge in [0, 0.05) is 11.9 Å². The number of hydrogen-bond acceptors (Lipinski definition) is 2. The zero-order chi connectivity index (χ0) is 11.4. The van der Waals surface area contributed by atoms with E-state index in [1.54, 1.807) is 0 Å². The van der Waals surface area contributed by atoms with Gasteiger partial charge in [-0.1, -0.05) is 25.1 Å². The summed E-state index contributed by atoms with van der Waals surface area (Å²) in [6, 6.07) is 8.23. The van der Waals surface area contributed by atoms with Gasteiger partial charge in [0.1, 0.15) is 5.58 Å². The lowest BCUT2D eigenvalue weighted by molar-refractivity contribution is 0.339. The Labute approximate surface area is 96.9 Å². The lowest BCUT2D eigenvalue weighted by Crippen LogP contribution is -2.21. The summed E-state index contributed by atoms with van der Waals surface area (Å²) in [5, 5.41) is 1.26. The van der Waals surface area contributed by atoms with Crippen LogP contribution >= 0.6 is 0 Å². The van der Waals surface area contributed by atoms with Gasteiger partial charge in [-0.15, -0.1) is 0 Å². The number of likely N-dealkylation sites (N-methyl/N-ethyl adjacent to an activating group) is 1. The third-order valence-electron chi connectivity index (χ3n) is 2.93. The standard InChI is InChI=1S/C14H19NO/c1-3-9-15(2)10-8-12-11-16-14-7-5-4-6-13(12)14/h4-7,11H,3,8-10H2,1-2H3. The molecule has 0 bridgehead atoms. The van der Waals surface area contributed by atoms with Gasteiger partial charge < -0.3 is 9.32 Å². The molecule has 0 amide bonds. The van der Waals surface area contributed by atoms with Crippen molar-refractivity contribution >= 4 is 11.0 Å². The fraction of sp³-hybridized carbons (Fsp3) is 0.429. The molecule has 2 nitrogen and oxygen atoms in total. The number of hydrogen-bond donors (Lipinski definition) is 0. The Bertz CT molecular complexity index is 447. The second-order valence-corrected chi connectivity index (χ2v) is 4.31. The summed E-state index contributed by atoms with van der Waals surface area (Å²) >= 11 is 0. The molecule has 0 saturated heterocycles. The summed E-state index contributed by atoms with van der Waals surface area (Å²) in [5.41, 5.74) is 2.31. The molecule has 0 fully saturated rings. The molecule has 0 N–H and O–H groups in total. The van der Waals surface area contributed by atoms with Crippen LogP contribution in [0.1, 0.15) is 18.9 Å². The van der Waals surface area contributed by atoms with Crippen molar-refractivity contribution in [3.8, 4) is 0 Å². The topological polar surface area (TPSA) is 16.4 Å². The fourth-order valence-electron chi connectivity index (χ4n) is 2.03. The van der Waals surface area contributed by atoms with Gasteiger partial charge in [-0.25, -0.2) is 0 Å². The molecule has 1 heterocycles. The average molecular weight is 217 g/mol. The van der Waals surface area contributed by atoms with Crippen molar-refractivity contribution in [3.05, 3.63) is 36.1 Å². The van der Waals surface area contributed by atoms with Gasteiger partial charge in [-0.05, 0) is 38.1 Å². The molecular formula is C14H19NO.